The first-order valence-corrected chi connectivity index (χ1v) is 5.96. The molecule has 0 aliphatic rings. The summed E-state index contributed by atoms with van der Waals surface area (Å²) < 4.78 is 2.21. The van der Waals surface area contributed by atoms with E-state index in [1.807, 2.05) is 18.2 Å². The Balaban J connectivity index is 2.29. The van der Waals surface area contributed by atoms with E-state index in [-0.39, 0.29) is 0 Å². The fourth-order valence-corrected chi connectivity index (χ4v) is 2.24. The van der Waals surface area contributed by atoms with Crippen molar-refractivity contribution >= 4 is 16.9 Å². The fourth-order valence-electron chi connectivity index (χ4n) is 2.24. The molecule has 0 saturated heterocycles. The van der Waals surface area contributed by atoms with Crippen LogP contribution in [0, 0.1) is 0 Å². The molecule has 1 aromatic carbocycles. The van der Waals surface area contributed by atoms with E-state index in [0.29, 0.717) is 5.95 Å². The van der Waals surface area contributed by atoms with Crippen LogP contribution in [-0.2, 0) is 6.54 Å². The molecule has 3 rings (SSSR count). The van der Waals surface area contributed by atoms with Crippen LogP contribution in [0.2, 0.25) is 0 Å². The summed E-state index contributed by atoms with van der Waals surface area (Å²) in [6.45, 7) is 3.06. The van der Waals surface area contributed by atoms with Crippen molar-refractivity contribution in [2.45, 2.75) is 13.5 Å². The molecule has 2 heterocycles. The Morgan fingerprint density at radius 2 is 2.06 bits per heavy atom. The number of para-hydroxylation sites is 1. The van der Waals surface area contributed by atoms with Crippen molar-refractivity contribution < 1.29 is 0 Å². The summed E-state index contributed by atoms with van der Waals surface area (Å²) in [6, 6.07) is 10.2. The molecule has 0 amide bonds. The second-order valence-electron chi connectivity index (χ2n) is 4.15. The molecular weight excluding hydrogens is 224 g/mol. The highest BCUT2D eigenvalue weighted by Crippen LogP contribution is 2.29. The molecule has 90 valence electrons. The molecule has 4 heteroatoms. The van der Waals surface area contributed by atoms with E-state index < -0.39 is 0 Å². The second-order valence-corrected chi connectivity index (χ2v) is 4.15. The zero-order valence-corrected chi connectivity index (χ0v) is 10.2. The maximum atomic E-state index is 5.65. The van der Waals surface area contributed by atoms with E-state index in [1.54, 1.807) is 6.20 Å². The van der Waals surface area contributed by atoms with E-state index in [1.165, 1.54) is 10.9 Å². The predicted molar refractivity (Wildman–Crippen MR) is 73.1 cm³/mol. The molecule has 0 atom stereocenters. The number of nitrogen functional groups attached to an aromatic ring is 1. The molecule has 0 radical (unpaired) electrons. The lowest BCUT2D eigenvalue weighted by molar-refractivity contribution is 0.798. The average Bonchev–Trinajstić information content (AvgIpc) is 2.77. The van der Waals surface area contributed by atoms with Crippen LogP contribution in [0.5, 0.6) is 0 Å². The minimum Gasteiger partial charge on any atom is -0.368 e. The summed E-state index contributed by atoms with van der Waals surface area (Å²) in [6.07, 6.45) is 3.81. The standard InChI is InChI=1S/C14H14N4/c1-2-18-9-11(10-5-3-4-6-13(10)18)12-7-8-16-14(15)17-12/h3-9H,2H2,1H3,(H2,15,16,17). The van der Waals surface area contributed by atoms with Crippen LogP contribution in [0.25, 0.3) is 22.2 Å². The fraction of sp³-hybridized carbons (Fsp3) is 0.143. The molecule has 0 fully saturated rings. The number of hydrogen-bond acceptors (Lipinski definition) is 3. The molecule has 0 bridgehead atoms. The minimum atomic E-state index is 0.306. The summed E-state index contributed by atoms with van der Waals surface area (Å²) in [4.78, 5) is 8.23. The van der Waals surface area contributed by atoms with Gasteiger partial charge in [-0.15, -0.1) is 0 Å². The molecule has 0 spiro atoms. The smallest absolute Gasteiger partial charge is 0.220 e. The molecule has 4 nitrogen and oxygen atoms in total. The number of benzene rings is 1. The monoisotopic (exact) mass is 238 g/mol. The number of aromatic nitrogens is 3. The number of nitrogens with zero attached hydrogens (tertiary/aromatic N) is 3. The normalized spacial score (nSPS) is 10.9. The number of hydrogen-bond donors (Lipinski definition) is 1. The molecule has 18 heavy (non-hydrogen) atoms. The highest BCUT2D eigenvalue weighted by molar-refractivity contribution is 5.95. The van der Waals surface area contributed by atoms with Crippen LogP contribution in [-0.4, -0.2) is 14.5 Å². The summed E-state index contributed by atoms with van der Waals surface area (Å²) in [7, 11) is 0. The summed E-state index contributed by atoms with van der Waals surface area (Å²) in [5, 5.41) is 1.19. The molecular formula is C14H14N4. The van der Waals surface area contributed by atoms with E-state index >= 15 is 0 Å². The van der Waals surface area contributed by atoms with Gasteiger partial charge in [0.2, 0.25) is 5.95 Å². The Kier molecular flexibility index (Phi) is 2.48. The molecule has 2 N–H and O–H groups in total. The largest absolute Gasteiger partial charge is 0.368 e. The van der Waals surface area contributed by atoms with Crippen LogP contribution in [0.4, 0.5) is 5.95 Å². The van der Waals surface area contributed by atoms with Crippen molar-refractivity contribution in [3.05, 3.63) is 42.7 Å². The van der Waals surface area contributed by atoms with Gasteiger partial charge in [-0.2, -0.15) is 0 Å². The van der Waals surface area contributed by atoms with Crippen LogP contribution in [0.15, 0.2) is 42.7 Å². The number of aryl methyl sites for hydroxylation is 1. The van der Waals surface area contributed by atoms with Gasteiger partial charge >= 0.3 is 0 Å². The number of anilines is 1. The van der Waals surface area contributed by atoms with Crippen LogP contribution in [0.3, 0.4) is 0 Å². The lowest BCUT2D eigenvalue weighted by atomic mass is 10.1. The van der Waals surface area contributed by atoms with Gasteiger partial charge in [0.05, 0.1) is 5.69 Å². The molecule has 3 aromatic rings. The Hall–Kier alpha value is -2.36. The third-order valence-corrected chi connectivity index (χ3v) is 3.08. The summed E-state index contributed by atoms with van der Waals surface area (Å²) in [5.74, 6) is 0.306. The van der Waals surface area contributed by atoms with Gasteiger partial charge in [-0.3, -0.25) is 0 Å². The van der Waals surface area contributed by atoms with Gasteiger partial charge < -0.3 is 10.3 Å². The minimum absolute atomic E-state index is 0.306. The zero-order valence-electron chi connectivity index (χ0n) is 10.2. The molecule has 0 unspecified atom stereocenters. The summed E-state index contributed by atoms with van der Waals surface area (Å²) >= 11 is 0. The van der Waals surface area contributed by atoms with Gasteiger partial charge in [0, 0.05) is 35.4 Å². The van der Waals surface area contributed by atoms with Crippen LogP contribution < -0.4 is 5.73 Å². The maximum absolute atomic E-state index is 5.65. The van der Waals surface area contributed by atoms with Crippen molar-refractivity contribution in [2.24, 2.45) is 0 Å². The Labute approximate surface area is 105 Å². The third kappa shape index (κ3) is 1.62. The highest BCUT2D eigenvalue weighted by Gasteiger charge is 2.10. The van der Waals surface area contributed by atoms with Crippen molar-refractivity contribution in [1.82, 2.24) is 14.5 Å². The first-order chi connectivity index (χ1) is 8.79. The number of nitrogens with two attached hydrogens (primary N) is 1. The van der Waals surface area contributed by atoms with Crippen molar-refractivity contribution in [2.75, 3.05) is 5.73 Å². The van der Waals surface area contributed by atoms with E-state index in [0.717, 1.165) is 17.8 Å². The van der Waals surface area contributed by atoms with Crippen LogP contribution in [0.1, 0.15) is 6.92 Å². The van der Waals surface area contributed by atoms with Crippen molar-refractivity contribution in [3.8, 4) is 11.3 Å². The topological polar surface area (TPSA) is 56.7 Å². The predicted octanol–water partition coefficient (Wildman–Crippen LogP) is 2.70. The number of rotatable bonds is 2. The van der Waals surface area contributed by atoms with Crippen molar-refractivity contribution in [1.29, 1.82) is 0 Å². The number of fused-ring (bicyclic) bond motifs is 1. The molecule has 0 aliphatic heterocycles. The molecule has 0 aliphatic carbocycles. The van der Waals surface area contributed by atoms with Gasteiger partial charge in [-0.25, -0.2) is 9.97 Å². The Morgan fingerprint density at radius 1 is 1.22 bits per heavy atom. The quantitative estimate of drug-likeness (QED) is 0.746. The first-order valence-electron chi connectivity index (χ1n) is 5.96. The Morgan fingerprint density at radius 3 is 2.83 bits per heavy atom. The van der Waals surface area contributed by atoms with Gasteiger partial charge in [0.1, 0.15) is 0 Å². The SMILES string of the molecule is CCn1cc(-c2ccnc(N)n2)c2ccccc21. The van der Waals surface area contributed by atoms with Gasteiger partial charge in [-0.05, 0) is 19.1 Å². The van der Waals surface area contributed by atoms with Crippen molar-refractivity contribution in [3.63, 3.8) is 0 Å². The van der Waals surface area contributed by atoms with Gasteiger partial charge in [-0.1, -0.05) is 18.2 Å². The van der Waals surface area contributed by atoms with E-state index in [2.05, 4.69) is 39.8 Å². The third-order valence-electron chi connectivity index (χ3n) is 3.08. The average molecular weight is 238 g/mol. The van der Waals surface area contributed by atoms with E-state index in [4.69, 9.17) is 5.73 Å². The van der Waals surface area contributed by atoms with Gasteiger partial charge in [0.15, 0.2) is 0 Å². The lowest BCUT2D eigenvalue weighted by Crippen LogP contribution is -1.94. The maximum Gasteiger partial charge on any atom is 0.220 e. The molecule has 0 saturated carbocycles. The highest BCUT2D eigenvalue weighted by atomic mass is 15.0. The Bertz CT molecular complexity index is 700. The zero-order chi connectivity index (χ0) is 12.5. The van der Waals surface area contributed by atoms with Crippen LogP contribution >= 0.6 is 0 Å². The van der Waals surface area contributed by atoms with Gasteiger partial charge in [0.25, 0.3) is 0 Å². The lowest BCUT2D eigenvalue weighted by Gasteiger charge is -1.98. The first kappa shape index (κ1) is 10.8. The summed E-state index contributed by atoms with van der Waals surface area (Å²) in [5.41, 5.74) is 8.83. The second kappa shape index (κ2) is 4.14. The molecule has 2 aromatic heterocycles. The van der Waals surface area contributed by atoms with E-state index in [9.17, 15) is 0 Å².